The van der Waals surface area contributed by atoms with Crippen LogP contribution in [0.5, 0.6) is 0 Å². The van der Waals surface area contributed by atoms with Gasteiger partial charge >= 0.3 is 6.18 Å². The molecule has 1 saturated heterocycles. The quantitative estimate of drug-likeness (QED) is 0.890. The van der Waals surface area contributed by atoms with E-state index < -0.39 is 11.1 Å². The van der Waals surface area contributed by atoms with E-state index in [0.717, 1.165) is 32.1 Å². The largest absolute Gasteiger partial charge is 0.427 e. The molecule has 1 aliphatic heterocycles. The number of aromatic nitrogens is 1. The molecule has 1 fully saturated rings. The first-order valence-electron chi connectivity index (χ1n) is 5.45. The highest BCUT2D eigenvalue weighted by atomic mass is 32.1. The summed E-state index contributed by atoms with van der Waals surface area (Å²) in [6.07, 6.45) is -1.39. The standard InChI is InChI=1S/C10H14F3N3S/c11-10(12,13)8-4-15-9(17-8)6-16-3-1-2-7(14)5-16/h4,7H,1-3,5-6,14H2. The number of hydrogen-bond donors (Lipinski definition) is 1. The fourth-order valence-electron chi connectivity index (χ4n) is 1.94. The summed E-state index contributed by atoms with van der Waals surface area (Å²) in [5, 5.41) is 0.506. The Morgan fingerprint density at radius 2 is 2.29 bits per heavy atom. The van der Waals surface area contributed by atoms with E-state index in [1.54, 1.807) is 0 Å². The zero-order valence-electron chi connectivity index (χ0n) is 9.20. The van der Waals surface area contributed by atoms with E-state index in [-0.39, 0.29) is 6.04 Å². The summed E-state index contributed by atoms with van der Waals surface area (Å²) in [4.78, 5) is 5.25. The molecule has 96 valence electrons. The van der Waals surface area contributed by atoms with Crippen LogP contribution >= 0.6 is 11.3 Å². The Balaban J connectivity index is 1.97. The van der Waals surface area contributed by atoms with Gasteiger partial charge in [-0.15, -0.1) is 11.3 Å². The van der Waals surface area contributed by atoms with Gasteiger partial charge in [0, 0.05) is 12.6 Å². The zero-order valence-corrected chi connectivity index (χ0v) is 10.0. The van der Waals surface area contributed by atoms with Gasteiger partial charge in [0.05, 0.1) is 12.7 Å². The summed E-state index contributed by atoms with van der Waals surface area (Å²) in [5.41, 5.74) is 5.81. The molecule has 17 heavy (non-hydrogen) atoms. The first kappa shape index (κ1) is 12.8. The molecule has 0 aromatic carbocycles. The van der Waals surface area contributed by atoms with E-state index in [9.17, 15) is 13.2 Å². The van der Waals surface area contributed by atoms with Gasteiger partial charge < -0.3 is 5.73 Å². The highest BCUT2D eigenvalue weighted by Crippen LogP contribution is 2.33. The minimum atomic E-state index is -4.28. The number of likely N-dealkylation sites (tertiary alicyclic amines) is 1. The van der Waals surface area contributed by atoms with Crippen molar-refractivity contribution < 1.29 is 13.2 Å². The van der Waals surface area contributed by atoms with Gasteiger partial charge in [0.15, 0.2) is 0 Å². The van der Waals surface area contributed by atoms with Gasteiger partial charge in [0.2, 0.25) is 0 Å². The third-order valence-corrected chi connectivity index (χ3v) is 3.76. The van der Waals surface area contributed by atoms with Crippen molar-refractivity contribution in [2.24, 2.45) is 5.73 Å². The van der Waals surface area contributed by atoms with E-state index in [1.165, 1.54) is 0 Å². The van der Waals surface area contributed by atoms with Crippen molar-refractivity contribution in [1.82, 2.24) is 9.88 Å². The van der Waals surface area contributed by atoms with Gasteiger partial charge in [-0.2, -0.15) is 13.2 Å². The van der Waals surface area contributed by atoms with E-state index >= 15 is 0 Å². The molecule has 0 spiro atoms. The number of piperidine rings is 1. The van der Waals surface area contributed by atoms with Gasteiger partial charge in [-0.05, 0) is 19.4 Å². The fourth-order valence-corrected chi connectivity index (χ4v) is 2.77. The van der Waals surface area contributed by atoms with Crippen molar-refractivity contribution in [1.29, 1.82) is 0 Å². The van der Waals surface area contributed by atoms with Crippen molar-refractivity contribution in [3.05, 3.63) is 16.1 Å². The molecule has 0 bridgehead atoms. The van der Waals surface area contributed by atoms with E-state index in [4.69, 9.17) is 5.73 Å². The van der Waals surface area contributed by atoms with Crippen LogP contribution in [0.2, 0.25) is 0 Å². The van der Waals surface area contributed by atoms with Crippen LogP contribution in [0.15, 0.2) is 6.20 Å². The van der Waals surface area contributed by atoms with Crippen LogP contribution in [0.25, 0.3) is 0 Å². The summed E-state index contributed by atoms with van der Waals surface area (Å²) in [5.74, 6) is 0. The summed E-state index contributed by atoms with van der Waals surface area (Å²) < 4.78 is 37.1. The second-order valence-corrected chi connectivity index (χ2v) is 5.37. The number of rotatable bonds is 2. The lowest BCUT2D eigenvalue weighted by Crippen LogP contribution is -2.42. The molecule has 2 N–H and O–H groups in total. The normalized spacial score (nSPS) is 22.9. The van der Waals surface area contributed by atoms with Crippen molar-refractivity contribution in [2.75, 3.05) is 13.1 Å². The monoisotopic (exact) mass is 265 g/mol. The maximum atomic E-state index is 12.4. The molecular weight excluding hydrogens is 251 g/mol. The molecule has 7 heteroatoms. The number of halogens is 3. The highest BCUT2D eigenvalue weighted by Gasteiger charge is 2.33. The molecule has 1 aliphatic rings. The first-order valence-corrected chi connectivity index (χ1v) is 6.26. The minimum Gasteiger partial charge on any atom is -0.327 e. The number of nitrogens with two attached hydrogens (primary N) is 1. The third-order valence-electron chi connectivity index (χ3n) is 2.73. The smallest absolute Gasteiger partial charge is 0.327 e. The summed E-state index contributed by atoms with van der Waals surface area (Å²) >= 11 is 0.716. The molecule has 0 amide bonds. The lowest BCUT2D eigenvalue weighted by atomic mass is 10.1. The third kappa shape index (κ3) is 3.40. The van der Waals surface area contributed by atoms with Crippen LogP contribution in [-0.2, 0) is 12.7 Å². The van der Waals surface area contributed by atoms with Crippen LogP contribution in [0.3, 0.4) is 0 Å². The van der Waals surface area contributed by atoms with Gasteiger partial charge in [-0.25, -0.2) is 4.98 Å². The van der Waals surface area contributed by atoms with Gasteiger partial charge in [0.25, 0.3) is 0 Å². The lowest BCUT2D eigenvalue weighted by Gasteiger charge is -2.29. The van der Waals surface area contributed by atoms with Crippen molar-refractivity contribution in [2.45, 2.75) is 31.6 Å². The Labute approximate surface area is 101 Å². The van der Waals surface area contributed by atoms with Gasteiger partial charge in [-0.1, -0.05) is 0 Å². The summed E-state index contributed by atoms with van der Waals surface area (Å²) in [6, 6.07) is 0.130. The van der Waals surface area contributed by atoms with Gasteiger partial charge in [0.1, 0.15) is 9.88 Å². The van der Waals surface area contributed by atoms with E-state index in [2.05, 4.69) is 9.88 Å². The van der Waals surface area contributed by atoms with Crippen molar-refractivity contribution >= 4 is 11.3 Å². The van der Waals surface area contributed by atoms with Crippen molar-refractivity contribution in [3.63, 3.8) is 0 Å². The summed E-state index contributed by atoms with van der Waals surface area (Å²) in [7, 11) is 0. The fraction of sp³-hybridized carbons (Fsp3) is 0.700. The van der Waals surface area contributed by atoms with Crippen LogP contribution in [0.1, 0.15) is 22.7 Å². The van der Waals surface area contributed by atoms with E-state index in [1.807, 2.05) is 0 Å². The highest BCUT2D eigenvalue weighted by molar-refractivity contribution is 7.11. The average molecular weight is 265 g/mol. The first-order chi connectivity index (χ1) is 7.95. The molecule has 0 aliphatic carbocycles. The predicted molar refractivity (Wildman–Crippen MR) is 59.6 cm³/mol. The number of nitrogens with zero attached hydrogens (tertiary/aromatic N) is 2. The second kappa shape index (κ2) is 4.91. The average Bonchev–Trinajstić information content (AvgIpc) is 2.65. The lowest BCUT2D eigenvalue weighted by molar-refractivity contribution is -0.134. The van der Waals surface area contributed by atoms with Crippen LogP contribution in [-0.4, -0.2) is 29.0 Å². The molecule has 1 aromatic rings. The molecule has 2 rings (SSSR count). The Morgan fingerprint density at radius 3 is 2.88 bits per heavy atom. The topological polar surface area (TPSA) is 42.1 Å². The van der Waals surface area contributed by atoms with Gasteiger partial charge in [-0.3, -0.25) is 4.90 Å². The molecule has 2 heterocycles. The van der Waals surface area contributed by atoms with Crippen molar-refractivity contribution in [3.8, 4) is 0 Å². The van der Waals surface area contributed by atoms with Crippen LogP contribution in [0, 0.1) is 0 Å². The van der Waals surface area contributed by atoms with Crippen LogP contribution < -0.4 is 5.73 Å². The molecule has 3 nitrogen and oxygen atoms in total. The molecule has 1 unspecified atom stereocenters. The molecule has 0 radical (unpaired) electrons. The van der Waals surface area contributed by atoms with E-state index in [0.29, 0.717) is 22.9 Å². The minimum absolute atomic E-state index is 0.130. The molecular formula is C10H14F3N3S. The number of thiazole rings is 1. The zero-order chi connectivity index (χ0) is 12.5. The Hall–Kier alpha value is -0.660. The number of alkyl halides is 3. The van der Waals surface area contributed by atoms with Crippen LogP contribution in [0.4, 0.5) is 13.2 Å². The molecule has 0 saturated carbocycles. The number of hydrogen-bond acceptors (Lipinski definition) is 4. The maximum absolute atomic E-state index is 12.4. The molecule has 1 aromatic heterocycles. The SMILES string of the molecule is NC1CCCN(Cc2ncc(C(F)(F)F)s2)C1. The second-order valence-electron chi connectivity index (χ2n) is 4.25. The predicted octanol–water partition coefficient (Wildman–Crippen LogP) is 2.08. The maximum Gasteiger partial charge on any atom is 0.427 e. The Kier molecular flexibility index (Phi) is 3.70. The molecule has 1 atom stereocenters. The Bertz CT molecular complexity index is 377. The summed E-state index contributed by atoms with van der Waals surface area (Å²) in [6.45, 7) is 2.09. The Morgan fingerprint density at radius 1 is 1.53 bits per heavy atom.